The van der Waals surface area contributed by atoms with Crippen LogP contribution in [-0.4, -0.2) is 30.6 Å². The van der Waals surface area contributed by atoms with E-state index in [0.717, 1.165) is 11.1 Å². The maximum absolute atomic E-state index is 14.7. The smallest absolute Gasteiger partial charge is 0.372 e. The van der Waals surface area contributed by atoms with Gasteiger partial charge >= 0.3 is 6.18 Å². The van der Waals surface area contributed by atoms with Gasteiger partial charge < -0.3 is 9.67 Å². The number of pyridine rings is 1. The second-order valence-corrected chi connectivity index (χ2v) is 9.14. The highest BCUT2D eigenvalue weighted by Crippen LogP contribution is 2.47. The van der Waals surface area contributed by atoms with Crippen molar-refractivity contribution in [3.63, 3.8) is 0 Å². The number of benzene rings is 3. The minimum atomic E-state index is -5.02. The predicted molar refractivity (Wildman–Crippen MR) is 136 cm³/mol. The number of fused-ring (bicyclic) bond motifs is 2. The SMILES string of the molecule is Cn1cc(C(O)(c2ccc3c(cnn3-c3ccc(F)cc3)c2)C(F)(F)F)c2ccc(-c3cccnc3)cc21. The van der Waals surface area contributed by atoms with Crippen molar-refractivity contribution < 1.29 is 22.7 Å². The molecule has 3 aromatic carbocycles. The van der Waals surface area contributed by atoms with Crippen molar-refractivity contribution in [2.24, 2.45) is 7.05 Å². The summed E-state index contributed by atoms with van der Waals surface area (Å²) in [6.45, 7) is 0. The molecule has 3 heterocycles. The summed E-state index contributed by atoms with van der Waals surface area (Å²) in [6.07, 6.45) is 1.04. The van der Waals surface area contributed by atoms with Crippen LogP contribution in [0.3, 0.4) is 0 Å². The van der Waals surface area contributed by atoms with E-state index in [1.807, 2.05) is 6.07 Å². The molecule has 0 aliphatic rings. The molecular weight excluding hydrogens is 496 g/mol. The minimum absolute atomic E-state index is 0.273. The molecule has 1 atom stereocenters. The van der Waals surface area contributed by atoms with Crippen molar-refractivity contribution in [1.82, 2.24) is 19.3 Å². The van der Waals surface area contributed by atoms with Crippen LogP contribution in [0.25, 0.3) is 38.6 Å². The van der Waals surface area contributed by atoms with Crippen LogP contribution < -0.4 is 0 Å². The molecule has 0 saturated carbocycles. The van der Waals surface area contributed by atoms with Crippen molar-refractivity contribution in [2.45, 2.75) is 11.8 Å². The first-order valence-electron chi connectivity index (χ1n) is 11.7. The molecule has 0 saturated heterocycles. The molecule has 6 rings (SSSR count). The molecule has 190 valence electrons. The van der Waals surface area contributed by atoms with Crippen molar-refractivity contribution >= 4 is 21.8 Å². The van der Waals surface area contributed by atoms with Crippen molar-refractivity contribution in [3.05, 3.63) is 115 Å². The summed E-state index contributed by atoms with van der Waals surface area (Å²) in [4.78, 5) is 4.11. The second kappa shape index (κ2) is 8.53. The lowest BCUT2D eigenvalue weighted by Crippen LogP contribution is -2.43. The summed E-state index contributed by atoms with van der Waals surface area (Å²) in [6, 6.07) is 18.4. The molecule has 5 nitrogen and oxygen atoms in total. The molecule has 0 aliphatic carbocycles. The Morgan fingerprint density at radius 2 is 1.63 bits per heavy atom. The Morgan fingerprint density at radius 1 is 0.842 bits per heavy atom. The van der Waals surface area contributed by atoms with Gasteiger partial charge in [0, 0.05) is 53.1 Å². The van der Waals surface area contributed by atoms with Crippen LogP contribution in [0.2, 0.25) is 0 Å². The van der Waals surface area contributed by atoms with Gasteiger partial charge in [-0.25, -0.2) is 9.07 Å². The molecule has 1 unspecified atom stereocenters. The van der Waals surface area contributed by atoms with E-state index in [1.165, 1.54) is 59.5 Å². The number of hydrogen-bond acceptors (Lipinski definition) is 3. The van der Waals surface area contributed by atoms with Crippen LogP contribution in [0.1, 0.15) is 11.1 Å². The molecule has 38 heavy (non-hydrogen) atoms. The first kappa shape index (κ1) is 23.9. The molecule has 0 aliphatic heterocycles. The van der Waals surface area contributed by atoms with Crippen LogP contribution in [0.15, 0.2) is 97.6 Å². The monoisotopic (exact) mass is 516 g/mol. The maximum Gasteiger partial charge on any atom is 0.425 e. The molecule has 6 aromatic rings. The van der Waals surface area contributed by atoms with Gasteiger partial charge in [0.1, 0.15) is 5.82 Å². The summed E-state index contributed by atoms with van der Waals surface area (Å²) in [7, 11) is 1.64. The Balaban J connectivity index is 1.50. The zero-order valence-corrected chi connectivity index (χ0v) is 20.0. The average molecular weight is 516 g/mol. The van der Waals surface area contributed by atoms with E-state index in [0.29, 0.717) is 22.1 Å². The van der Waals surface area contributed by atoms with E-state index in [1.54, 1.807) is 48.3 Å². The Bertz CT molecular complexity index is 1790. The van der Waals surface area contributed by atoms with Crippen LogP contribution in [-0.2, 0) is 12.6 Å². The van der Waals surface area contributed by atoms with Gasteiger partial charge in [0.25, 0.3) is 0 Å². The molecule has 0 fully saturated rings. The molecule has 0 bridgehead atoms. The van der Waals surface area contributed by atoms with E-state index < -0.39 is 17.6 Å². The molecule has 1 N–H and O–H groups in total. The van der Waals surface area contributed by atoms with Crippen molar-refractivity contribution in [3.8, 4) is 16.8 Å². The third-order valence-corrected chi connectivity index (χ3v) is 6.84. The molecule has 3 aromatic heterocycles. The van der Waals surface area contributed by atoms with Gasteiger partial charge in [-0.2, -0.15) is 18.3 Å². The maximum atomic E-state index is 14.7. The van der Waals surface area contributed by atoms with Crippen LogP contribution in [0.5, 0.6) is 0 Å². The Morgan fingerprint density at radius 3 is 2.34 bits per heavy atom. The lowest BCUT2D eigenvalue weighted by Gasteiger charge is -2.31. The Kier molecular flexibility index (Phi) is 5.36. The lowest BCUT2D eigenvalue weighted by molar-refractivity contribution is -0.247. The minimum Gasteiger partial charge on any atom is -0.372 e. The molecule has 0 radical (unpaired) electrons. The largest absolute Gasteiger partial charge is 0.425 e. The highest BCUT2D eigenvalue weighted by Gasteiger charge is 2.57. The third-order valence-electron chi connectivity index (χ3n) is 6.84. The fourth-order valence-corrected chi connectivity index (χ4v) is 4.90. The standard InChI is InChI=1S/C29H20F4N4O/c1-36-17-25(24-10-4-18(14-27(24)36)19-3-2-12-34-15-19)28(38,29(31,32)33)21-5-11-26-20(13-21)16-35-37(26)23-8-6-22(30)7-9-23/h2-17,38H,1H3. The zero-order valence-electron chi connectivity index (χ0n) is 20.0. The normalized spacial score (nSPS) is 13.7. The molecular formula is C29H20F4N4O. The first-order chi connectivity index (χ1) is 18.2. The molecule has 0 spiro atoms. The van der Waals surface area contributed by atoms with E-state index in [-0.39, 0.29) is 16.5 Å². The van der Waals surface area contributed by atoms with Gasteiger partial charge in [-0.05, 0) is 59.7 Å². The number of alkyl halides is 3. The number of aliphatic hydroxyl groups is 1. The fraction of sp³-hybridized carbons (Fsp3) is 0.103. The Labute approximate surface area is 214 Å². The van der Waals surface area contributed by atoms with Crippen molar-refractivity contribution in [1.29, 1.82) is 0 Å². The van der Waals surface area contributed by atoms with Gasteiger partial charge in [-0.1, -0.05) is 24.3 Å². The van der Waals surface area contributed by atoms with Gasteiger partial charge in [-0.15, -0.1) is 0 Å². The number of aryl methyl sites for hydroxylation is 1. The van der Waals surface area contributed by atoms with E-state index in [2.05, 4.69) is 10.1 Å². The van der Waals surface area contributed by atoms with E-state index in [9.17, 15) is 22.7 Å². The topological polar surface area (TPSA) is 55.9 Å². The number of hydrogen-bond donors (Lipinski definition) is 1. The molecule has 0 amide bonds. The highest BCUT2D eigenvalue weighted by molar-refractivity contribution is 5.90. The van der Waals surface area contributed by atoms with Gasteiger partial charge in [-0.3, -0.25) is 4.98 Å². The fourth-order valence-electron chi connectivity index (χ4n) is 4.90. The first-order valence-corrected chi connectivity index (χ1v) is 11.7. The number of nitrogens with zero attached hydrogens (tertiary/aromatic N) is 4. The van der Waals surface area contributed by atoms with Gasteiger partial charge in [0.05, 0.1) is 17.4 Å². The summed E-state index contributed by atoms with van der Waals surface area (Å²) in [5.74, 6) is -0.412. The van der Waals surface area contributed by atoms with Crippen LogP contribution in [0, 0.1) is 5.82 Å². The molecule has 9 heteroatoms. The summed E-state index contributed by atoms with van der Waals surface area (Å²) in [5.41, 5.74) is -0.660. The highest BCUT2D eigenvalue weighted by atomic mass is 19.4. The summed E-state index contributed by atoms with van der Waals surface area (Å²) >= 11 is 0. The quantitative estimate of drug-likeness (QED) is 0.272. The number of aromatic nitrogens is 4. The summed E-state index contributed by atoms with van der Waals surface area (Å²) < 4.78 is 60.7. The second-order valence-electron chi connectivity index (χ2n) is 9.14. The van der Waals surface area contributed by atoms with Gasteiger partial charge in [0.2, 0.25) is 5.60 Å². The van der Waals surface area contributed by atoms with Crippen molar-refractivity contribution in [2.75, 3.05) is 0 Å². The van der Waals surface area contributed by atoms with E-state index in [4.69, 9.17) is 0 Å². The van der Waals surface area contributed by atoms with Gasteiger partial charge in [0.15, 0.2) is 0 Å². The van der Waals surface area contributed by atoms with E-state index >= 15 is 0 Å². The Hall–Kier alpha value is -4.50. The van der Waals surface area contributed by atoms with Crippen LogP contribution >= 0.6 is 0 Å². The predicted octanol–water partition coefficient (Wildman–Crippen LogP) is 6.52. The summed E-state index contributed by atoms with van der Waals surface area (Å²) in [5, 5.41) is 16.4. The van der Waals surface area contributed by atoms with Crippen LogP contribution in [0.4, 0.5) is 17.6 Å². The number of rotatable bonds is 4. The lowest BCUT2D eigenvalue weighted by atomic mass is 9.84. The average Bonchev–Trinajstić information content (AvgIpc) is 3.49. The zero-order chi connectivity index (χ0) is 26.7. The number of halogens is 4. The third kappa shape index (κ3) is 3.66.